The normalized spacial score (nSPS) is 19.6. The minimum atomic E-state index is -1.00. The maximum absolute atomic E-state index is 10.4. The molecule has 1 saturated heterocycles. The van der Waals surface area contributed by atoms with Gasteiger partial charge in [-0.3, -0.25) is 0 Å². The molecule has 5 nitrogen and oxygen atoms in total. The Balaban J connectivity index is 2.08. The molecule has 0 aromatic carbocycles. The smallest absolute Gasteiger partial charge is 0.407 e. The number of carboxylic acid groups (broad SMARTS) is 1. The molecule has 70 valence electrons. The number of nitrogens with zero attached hydrogens (tertiary/aromatic N) is 2. The number of aliphatic hydroxyl groups is 1. The van der Waals surface area contributed by atoms with Crippen LogP contribution in [0, 0.1) is 0 Å². The van der Waals surface area contributed by atoms with E-state index in [0.717, 1.165) is 4.88 Å². The van der Waals surface area contributed by atoms with E-state index in [1.165, 1.54) is 16.4 Å². The summed E-state index contributed by atoms with van der Waals surface area (Å²) in [7, 11) is 0. The average molecular weight is 200 g/mol. The molecule has 1 aromatic heterocycles. The molecular formula is C7H8N2O3S. The maximum atomic E-state index is 10.4. The number of carbonyl (C=O) groups is 1. The maximum Gasteiger partial charge on any atom is 0.407 e. The van der Waals surface area contributed by atoms with Gasteiger partial charge in [0.1, 0.15) is 5.60 Å². The molecule has 0 spiro atoms. The molecule has 1 aliphatic heterocycles. The van der Waals surface area contributed by atoms with Gasteiger partial charge in [-0.05, 0) is 17.6 Å². The van der Waals surface area contributed by atoms with Gasteiger partial charge in [-0.15, -0.1) is 0 Å². The molecule has 0 saturated carbocycles. The standard InChI is InChI=1S/C7H8N2O3S/c10-6(11)9-3-7(12,4-9)5-1-2-8-13-5/h1-2,12H,3-4H2,(H,10,11). The van der Waals surface area contributed by atoms with Gasteiger partial charge in [-0.1, -0.05) is 0 Å². The summed E-state index contributed by atoms with van der Waals surface area (Å²) in [5, 5.41) is 18.4. The van der Waals surface area contributed by atoms with Crippen molar-refractivity contribution in [3.63, 3.8) is 0 Å². The summed E-state index contributed by atoms with van der Waals surface area (Å²) in [6.45, 7) is 0.287. The van der Waals surface area contributed by atoms with Crippen molar-refractivity contribution in [3.05, 3.63) is 17.1 Å². The van der Waals surface area contributed by atoms with Crippen LogP contribution in [-0.2, 0) is 5.60 Å². The van der Waals surface area contributed by atoms with E-state index in [4.69, 9.17) is 5.11 Å². The van der Waals surface area contributed by atoms with Gasteiger partial charge in [0.25, 0.3) is 0 Å². The zero-order chi connectivity index (χ0) is 9.47. The first-order chi connectivity index (χ1) is 6.12. The van der Waals surface area contributed by atoms with Crippen molar-refractivity contribution < 1.29 is 15.0 Å². The first-order valence-corrected chi connectivity index (χ1v) is 4.50. The quantitative estimate of drug-likeness (QED) is 0.685. The van der Waals surface area contributed by atoms with Crippen molar-refractivity contribution in [3.8, 4) is 0 Å². The van der Waals surface area contributed by atoms with Crippen molar-refractivity contribution >= 4 is 17.6 Å². The summed E-state index contributed by atoms with van der Waals surface area (Å²) in [4.78, 5) is 12.3. The number of rotatable bonds is 1. The Labute approximate surface area is 78.4 Å². The molecule has 2 N–H and O–H groups in total. The minimum absolute atomic E-state index is 0.143. The van der Waals surface area contributed by atoms with Crippen LogP contribution in [0.5, 0.6) is 0 Å². The van der Waals surface area contributed by atoms with Crippen molar-refractivity contribution in [2.24, 2.45) is 0 Å². The van der Waals surface area contributed by atoms with Crippen LogP contribution in [0.3, 0.4) is 0 Å². The van der Waals surface area contributed by atoms with Gasteiger partial charge in [-0.2, -0.15) is 0 Å². The lowest BCUT2D eigenvalue weighted by atomic mass is 9.93. The van der Waals surface area contributed by atoms with Crippen molar-refractivity contribution in [1.29, 1.82) is 0 Å². The van der Waals surface area contributed by atoms with E-state index in [-0.39, 0.29) is 13.1 Å². The van der Waals surface area contributed by atoms with Crippen LogP contribution in [-0.4, -0.2) is 38.7 Å². The second-order valence-corrected chi connectivity index (χ2v) is 3.88. The van der Waals surface area contributed by atoms with Gasteiger partial charge in [0.2, 0.25) is 0 Å². The summed E-state index contributed by atoms with van der Waals surface area (Å²) in [5.74, 6) is 0. The second-order valence-electron chi connectivity index (χ2n) is 3.05. The summed E-state index contributed by atoms with van der Waals surface area (Å²) in [5.41, 5.74) is -1.00. The van der Waals surface area contributed by atoms with Gasteiger partial charge in [0, 0.05) is 6.20 Å². The third-order valence-electron chi connectivity index (χ3n) is 2.07. The number of amides is 1. The molecule has 2 rings (SSSR count). The highest BCUT2D eigenvalue weighted by molar-refractivity contribution is 7.05. The Hall–Kier alpha value is -1.14. The Morgan fingerprint density at radius 2 is 2.38 bits per heavy atom. The fraction of sp³-hybridized carbons (Fsp3) is 0.429. The molecule has 0 bridgehead atoms. The molecule has 1 amide bonds. The SMILES string of the molecule is O=C(O)N1CC(O)(c2ccns2)C1. The highest BCUT2D eigenvalue weighted by Gasteiger charge is 2.46. The molecule has 1 fully saturated rings. The fourth-order valence-electron chi connectivity index (χ4n) is 1.33. The minimum Gasteiger partial charge on any atom is -0.465 e. The lowest BCUT2D eigenvalue weighted by Crippen LogP contribution is -2.60. The van der Waals surface area contributed by atoms with E-state index in [9.17, 15) is 9.90 Å². The second kappa shape index (κ2) is 2.68. The first-order valence-electron chi connectivity index (χ1n) is 3.73. The van der Waals surface area contributed by atoms with Gasteiger partial charge in [0.05, 0.1) is 18.0 Å². The average Bonchev–Trinajstić information content (AvgIpc) is 2.49. The van der Waals surface area contributed by atoms with Crippen LogP contribution in [0.1, 0.15) is 4.88 Å². The Morgan fingerprint density at radius 1 is 1.69 bits per heavy atom. The Kier molecular flexibility index (Phi) is 1.74. The largest absolute Gasteiger partial charge is 0.465 e. The highest BCUT2D eigenvalue weighted by atomic mass is 32.1. The number of aromatic nitrogens is 1. The van der Waals surface area contributed by atoms with Crippen molar-refractivity contribution in [1.82, 2.24) is 9.27 Å². The lowest BCUT2D eigenvalue weighted by molar-refractivity contribution is -0.0872. The van der Waals surface area contributed by atoms with E-state index in [2.05, 4.69) is 4.37 Å². The monoisotopic (exact) mass is 200 g/mol. The van der Waals surface area contributed by atoms with Gasteiger partial charge in [-0.25, -0.2) is 9.17 Å². The summed E-state index contributed by atoms with van der Waals surface area (Å²) < 4.78 is 3.86. The molecule has 6 heteroatoms. The van der Waals surface area contributed by atoms with Crippen LogP contribution in [0.4, 0.5) is 4.79 Å². The topological polar surface area (TPSA) is 73.7 Å². The summed E-state index contributed by atoms with van der Waals surface area (Å²) in [6, 6.07) is 1.71. The van der Waals surface area contributed by atoms with E-state index in [1.807, 2.05) is 0 Å². The molecule has 2 heterocycles. The van der Waals surface area contributed by atoms with E-state index in [0.29, 0.717) is 0 Å². The molecule has 0 atom stereocenters. The predicted octanol–water partition coefficient (Wildman–Crippen LogP) is 0.324. The fourth-order valence-corrected chi connectivity index (χ4v) is 1.99. The van der Waals surface area contributed by atoms with Crippen LogP contribution in [0.25, 0.3) is 0 Å². The third kappa shape index (κ3) is 1.27. The van der Waals surface area contributed by atoms with Crippen molar-refractivity contribution in [2.45, 2.75) is 5.60 Å². The number of β-amino-alcohol motifs (C(OH)–C–C–N with tert-alkyl or cyclic N) is 1. The molecule has 1 aliphatic rings. The third-order valence-corrected chi connectivity index (χ3v) is 3.01. The number of hydrogen-bond donors (Lipinski definition) is 2. The van der Waals surface area contributed by atoms with Gasteiger partial charge < -0.3 is 15.1 Å². The van der Waals surface area contributed by atoms with E-state index < -0.39 is 11.7 Å². The zero-order valence-corrected chi connectivity index (χ0v) is 7.49. The van der Waals surface area contributed by atoms with Crippen molar-refractivity contribution in [2.75, 3.05) is 13.1 Å². The van der Waals surface area contributed by atoms with Crippen LogP contribution in [0.15, 0.2) is 12.3 Å². The Morgan fingerprint density at radius 3 is 2.85 bits per heavy atom. The van der Waals surface area contributed by atoms with Gasteiger partial charge >= 0.3 is 6.09 Å². The van der Waals surface area contributed by atoms with Crippen LogP contribution in [0.2, 0.25) is 0 Å². The van der Waals surface area contributed by atoms with Gasteiger partial charge in [0.15, 0.2) is 0 Å². The molecule has 0 radical (unpaired) electrons. The van der Waals surface area contributed by atoms with Crippen LogP contribution < -0.4 is 0 Å². The number of likely N-dealkylation sites (tertiary alicyclic amines) is 1. The summed E-state index contributed by atoms with van der Waals surface area (Å²) >= 11 is 1.20. The lowest BCUT2D eigenvalue weighted by Gasteiger charge is -2.43. The predicted molar refractivity (Wildman–Crippen MR) is 45.6 cm³/mol. The Bertz CT molecular complexity index is 318. The number of hydrogen-bond acceptors (Lipinski definition) is 4. The zero-order valence-electron chi connectivity index (χ0n) is 6.67. The highest BCUT2D eigenvalue weighted by Crippen LogP contribution is 2.33. The van der Waals surface area contributed by atoms with Crippen LogP contribution >= 0.6 is 11.5 Å². The summed E-state index contributed by atoms with van der Waals surface area (Å²) in [6.07, 6.45) is 0.607. The molecular weight excluding hydrogens is 192 g/mol. The van der Waals surface area contributed by atoms with E-state index >= 15 is 0 Å². The first kappa shape index (κ1) is 8.46. The molecule has 13 heavy (non-hydrogen) atoms. The molecule has 0 aliphatic carbocycles. The molecule has 1 aromatic rings. The molecule has 0 unspecified atom stereocenters. The van der Waals surface area contributed by atoms with E-state index in [1.54, 1.807) is 12.3 Å².